The number of rotatable bonds is 3. The fraction of sp³-hybridized carbons (Fsp3) is 0.417. The van der Waals surface area contributed by atoms with Crippen LogP contribution < -0.4 is 4.90 Å². The van der Waals surface area contributed by atoms with Crippen molar-refractivity contribution < 1.29 is 9.59 Å². The van der Waals surface area contributed by atoms with E-state index in [2.05, 4.69) is 17.0 Å². The highest BCUT2D eigenvalue weighted by atomic mass is 16.2. The Morgan fingerprint density at radius 1 is 0.897 bits per heavy atom. The number of carbonyl (C=O) groups is 2. The molecule has 29 heavy (non-hydrogen) atoms. The number of fused-ring (bicyclic) bond motifs is 1. The van der Waals surface area contributed by atoms with Crippen molar-refractivity contribution in [2.75, 3.05) is 44.2 Å². The van der Waals surface area contributed by atoms with E-state index < -0.39 is 0 Å². The monoisotopic (exact) mass is 391 g/mol. The van der Waals surface area contributed by atoms with Gasteiger partial charge in [-0.3, -0.25) is 14.5 Å². The van der Waals surface area contributed by atoms with Gasteiger partial charge in [0, 0.05) is 44.0 Å². The van der Waals surface area contributed by atoms with Gasteiger partial charge in [0.15, 0.2) is 0 Å². The van der Waals surface area contributed by atoms with Gasteiger partial charge in [0.2, 0.25) is 5.91 Å². The van der Waals surface area contributed by atoms with Crippen LogP contribution in [-0.2, 0) is 11.2 Å². The molecule has 5 heteroatoms. The van der Waals surface area contributed by atoms with Gasteiger partial charge in [-0.1, -0.05) is 35.9 Å². The van der Waals surface area contributed by atoms with Crippen LogP contribution in [-0.4, -0.2) is 60.9 Å². The molecule has 2 aliphatic rings. The van der Waals surface area contributed by atoms with Crippen molar-refractivity contribution in [1.82, 2.24) is 9.80 Å². The molecule has 2 aromatic rings. The van der Waals surface area contributed by atoms with Gasteiger partial charge < -0.3 is 9.80 Å². The minimum Gasteiger partial charge on any atom is -0.337 e. The highest BCUT2D eigenvalue weighted by Crippen LogP contribution is 2.26. The summed E-state index contributed by atoms with van der Waals surface area (Å²) >= 11 is 0. The van der Waals surface area contributed by atoms with Crippen molar-refractivity contribution in [3.8, 4) is 0 Å². The molecule has 2 aromatic carbocycles. The number of aryl methyl sites for hydroxylation is 2. The van der Waals surface area contributed by atoms with E-state index in [-0.39, 0.29) is 11.8 Å². The Labute approximate surface area is 172 Å². The summed E-state index contributed by atoms with van der Waals surface area (Å²) in [7, 11) is 0. The van der Waals surface area contributed by atoms with Gasteiger partial charge in [0.1, 0.15) is 0 Å². The fourth-order valence-corrected chi connectivity index (χ4v) is 4.36. The van der Waals surface area contributed by atoms with Crippen LogP contribution in [0.3, 0.4) is 0 Å². The van der Waals surface area contributed by atoms with Crippen LogP contribution in [0.5, 0.6) is 0 Å². The van der Waals surface area contributed by atoms with Gasteiger partial charge in [0.25, 0.3) is 5.91 Å². The molecule has 2 amide bonds. The predicted molar refractivity (Wildman–Crippen MR) is 115 cm³/mol. The van der Waals surface area contributed by atoms with E-state index in [1.807, 2.05) is 53.1 Å². The molecule has 4 rings (SSSR count). The Bertz CT molecular complexity index is 895. The molecule has 0 unspecified atom stereocenters. The van der Waals surface area contributed by atoms with E-state index in [9.17, 15) is 9.59 Å². The average Bonchev–Trinajstić information content (AvgIpc) is 2.98. The van der Waals surface area contributed by atoms with E-state index in [1.54, 1.807) is 0 Å². The maximum atomic E-state index is 13.0. The smallest absolute Gasteiger partial charge is 0.253 e. The predicted octanol–water partition coefficient (Wildman–Crippen LogP) is 3.12. The molecule has 0 bridgehead atoms. The van der Waals surface area contributed by atoms with Crippen LogP contribution in [0, 0.1) is 6.92 Å². The summed E-state index contributed by atoms with van der Waals surface area (Å²) in [4.78, 5) is 31.9. The van der Waals surface area contributed by atoms with Crippen LogP contribution in [0.2, 0.25) is 0 Å². The third kappa shape index (κ3) is 4.51. The van der Waals surface area contributed by atoms with E-state index in [0.717, 1.165) is 62.3 Å². The van der Waals surface area contributed by atoms with Crippen LogP contribution >= 0.6 is 0 Å². The Morgan fingerprint density at radius 3 is 2.62 bits per heavy atom. The Morgan fingerprint density at radius 2 is 1.76 bits per heavy atom. The van der Waals surface area contributed by atoms with Gasteiger partial charge in [-0.25, -0.2) is 0 Å². The number of benzene rings is 2. The zero-order chi connectivity index (χ0) is 20.2. The van der Waals surface area contributed by atoms with E-state index >= 15 is 0 Å². The molecule has 0 aliphatic carbocycles. The lowest BCUT2D eigenvalue weighted by molar-refractivity contribution is -0.119. The molecule has 0 saturated carbocycles. The summed E-state index contributed by atoms with van der Waals surface area (Å²) in [5.74, 6) is 0.252. The summed E-state index contributed by atoms with van der Waals surface area (Å²) in [6.45, 7) is 6.20. The van der Waals surface area contributed by atoms with E-state index in [4.69, 9.17) is 0 Å². The largest absolute Gasteiger partial charge is 0.337 e. The van der Waals surface area contributed by atoms with Crippen LogP contribution in [0.15, 0.2) is 48.5 Å². The molecule has 5 nitrogen and oxygen atoms in total. The molecule has 2 heterocycles. The average molecular weight is 392 g/mol. The second kappa shape index (κ2) is 8.78. The van der Waals surface area contributed by atoms with Crippen molar-refractivity contribution >= 4 is 17.5 Å². The molecule has 1 fully saturated rings. The molecule has 0 radical (unpaired) electrons. The van der Waals surface area contributed by atoms with Gasteiger partial charge in [-0.2, -0.15) is 0 Å². The van der Waals surface area contributed by atoms with E-state index in [0.29, 0.717) is 13.1 Å². The second-order valence-electron chi connectivity index (χ2n) is 8.07. The summed E-state index contributed by atoms with van der Waals surface area (Å²) in [5.41, 5.74) is 4.17. The lowest BCUT2D eigenvalue weighted by atomic mass is 10.0. The fourth-order valence-electron chi connectivity index (χ4n) is 4.36. The zero-order valence-corrected chi connectivity index (χ0v) is 17.1. The molecule has 152 valence electrons. The molecule has 2 aliphatic heterocycles. The van der Waals surface area contributed by atoms with Crippen molar-refractivity contribution in [2.45, 2.75) is 26.2 Å². The van der Waals surface area contributed by atoms with Gasteiger partial charge >= 0.3 is 0 Å². The molecule has 1 saturated heterocycles. The number of anilines is 1. The Hall–Kier alpha value is -2.66. The number of amides is 2. The van der Waals surface area contributed by atoms with Crippen LogP contribution in [0.25, 0.3) is 0 Å². The van der Waals surface area contributed by atoms with Crippen molar-refractivity contribution in [2.24, 2.45) is 0 Å². The Balaban J connectivity index is 1.37. The minimum absolute atomic E-state index is 0.0897. The second-order valence-corrected chi connectivity index (χ2v) is 8.07. The summed E-state index contributed by atoms with van der Waals surface area (Å²) in [6.07, 6.45) is 2.95. The minimum atomic E-state index is 0.0897. The maximum Gasteiger partial charge on any atom is 0.253 e. The molecule has 0 atom stereocenters. The first-order valence-electron chi connectivity index (χ1n) is 10.6. The zero-order valence-electron chi connectivity index (χ0n) is 17.1. The normalized spacial score (nSPS) is 17.6. The quantitative estimate of drug-likeness (QED) is 0.808. The number of para-hydroxylation sites is 1. The van der Waals surface area contributed by atoms with Crippen LogP contribution in [0.1, 0.15) is 34.3 Å². The number of hydrogen-bond acceptors (Lipinski definition) is 3. The first-order valence-corrected chi connectivity index (χ1v) is 10.6. The topological polar surface area (TPSA) is 43.9 Å². The molecule has 0 N–H and O–H groups in total. The Kier molecular flexibility index (Phi) is 5.95. The number of nitrogens with zero attached hydrogens (tertiary/aromatic N) is 3. The maximum absolute atomic E-state index is 13.0. The summed E-state index contributed by atoms with van der Waals surface area (Å²) < 4.78 is 0. The lowest BCUT2D eigenvalue weighted by Crippen LogP contribution is -2.44. The summed E-state index contributed by atoms with van der Waals surface area (Å²) in [5, 5.41) is 0. The SMILES string of the molecule is Cc1cccc(C(=O)N2CCCN(CC(=O)N3CCCc4ccccc43)CC2)c1. The highest BCUT2D eigenvalue weighted by molar-refractivity contribution is 5.96. The third-order valence-corrected chi connectivity index (χ3v) is 5.91. The number of hydrogen-bond donors (Lipinski definition) is 0. The standard InChI is InChI=1S/C24H29N3O2/c1-19-7-4-9-21(17-19)24(29)26-13-6-12-25(15-16-26)18-23(28)27-14-5-10-20-8-2-3-11-22(20)27/h2-4,7-9,11,17H,5-6,10,12-16,18H2,1H3. The van der Waals surface area contributed by atoms with Crippen molar-refractivity contribution in [3.05, 3.63) is 65.2 Å². The molecule has 0 spiro atoms. The van der Waals surface area contributed by atoms with Gasteiger partial charge in [-0.15, -0.1) is 0 Å². The highest BCUT2D eigenvalue weighted by Gasteiger charge is 2.26. The molecular formula is C24H29N3O2. The van der Waals surface area contributed by atoms with E-state index in [1.165, 1.54) is 5.56 Å². The number of carbonyl (C=O) groups excluding carboxylic acids is 2. The van der Waals surface area contributed by atoms with Gasteiger partial charge in [0.05, 0.1) is 6.54 Å². The van der Waals surface area contributed by atoms with Crippen molar-refractivity contribution in [3.63, 3.8) is 0 Å². The first-order chi connectivity index (χ1) is 14.1. The first kappa shape index (κ1) is 19.6. The third-order valence-electron chi connectivity index (χ3n) is 5.91. The van der Waals surface area contributed by atoms with Crippen molar-refractivity contribution in [1.29, 1.82) is 0 Å². The lowest BCUT2D eigenvalue weighted by Gasteiger charge is -2.31. The van der Waals surface area contributed by atoms with Gasteiger partial charge in [-0.05, 0) is 49.9 Å². The van der Waals surface area contributed by atoms with Crippen LogP contribution in [0.4, 0.5) is 5.69 Å². The summed E-state index contributed by atoms with van der Waals surface area (Å²) in [6, 6.07) is 16.0. The molecule has 0 aromatic heterocycles. The molecular weight excluding hydrogens is 362 g/mol.